The number of hydrogen-bond donors (Lipinski definition) is 3. The van der Waals surface area contributed by atoms with Crippen LogP contribution in [0.15, 0.2) is 0 Å². The van der Waals surface area contributed by atoms with Crippen LogP contribution in [0.5, 0.6) is 0 Å². The topological polar surface area (TPSA) is 98.0 Å². The number of hydrogen-bond acceptors (Lipinski definition) is 3. The van der Waals surface area contributed by atoms with Crippen LogP contribution in [0.2, 0.25) is 0 Å². The van der Waals surface area contributed by atoms with Gasteiger partial charge >= 0.3 is 5.97 Å². The molecule has 5 N–H and O–H groups in total. The van der Waals surface area contributed by atoms with Crippen LogP contribution in [-0.2, 0) is 20.0 Å². The van der Waals surface area contributed by atoms with Crippen LogP contribution >= 0.6 is 12.2 Å². The van der Waals surface area contributed by atoms with Crippen molar-refractivity contribution in [2.75, 3.05) is 6.54 Å². The molecule has 2 rings (SSSR count). The zero-order valence-electron chi connectivity index (χ0n) is 9.43. The largest absolute Gasteiger partial charge is 0.477 e. The van der Waals surface area contributed by atoms with Gasteiger partial charge < -0.3 is 10.0 Å². The molecule has 0 unspecified atom stereocenters. The van der Waals surface area contributed by atoms with Crippen molar-refractivity contribution in [2.24, 2.45) is 7.05 Å². The van der Waals surface area contributed by atoms with Crippen LogP contribution in [0, 0.1) is 0 Å². The number of quaternary nitrogens is 1. The van der Waals surface area contributed by atoms with Gasteiger partial charge in [0.2, 0.25) is 5.11 Å². The third-order valence-electron chi connectivity index (χ3n) is 2.84. The number of aryl methyl sites for hydroxylation is 1. The molecule has 0 fully saturated rings. The lowest BCUT2D eigenvalue weighted by atomic mass is 10.1. The molecule has 17 heavy (non-hydrogen) atoms. The average Bonchev–Trinajstić information content (AvgIpc) is 2.62. The summed E-state index contributed by atoms with van der Waals surface area (Å²) < 4.78 is 1.41. The van der Waals surface area contributed by atoms with E-state index in [4.69, 9.17) is 17.3 Å². The zero-order valence-corrected chi connectivity index (χ0v) is 10.3. The van der Waals surface area contributed by atoms with Crippen molar-refractivity contribution < 1.29 is 15.7 Å². The van der Waals surface area contributed by atoms with E-state index < -0.39 is 5.97 Å². The Morgan fingerprint density at radius 3 is 2.94 bits per heavy atom. The van der Waals surface area contributed by atoms with Gasteiger partial charge in [-0.25, -0.2) is 10.2 Å². The van der Waals surface area contributed by atoms with Crippen LogP contribution in [0.25, 0.3) is 0 Å². The van der Waals surface area contributed by atoms with Gasteiger partial charge in [0.15, 0.2) is 5.69 Å². The van der Waals surface area contributed by atoms with Crippen LogP contribution < -0.4 is 11.3 Å². The third kappa shape index (κ3) is 1.96. The molecule has 0 bridgehead atoms. The fourth-order valence-corrected chi connectivity index (χ4v) is 2.21. The summed E-state index contributed by atoms with van der Waals surface area (Å²) in [7, 11) is 1.64. The standard InChI is InChI=1S/C9H13N5O2S/c1-13-7(8(15)16)5-4-14(9(17)11-10)3-2-6(5)12-13/h2-4,10H2,1H3,(H,11,17)(H,15,16)/p+1. The smallest absolute Gasteiger partial charge is 0.354 e. The van der Waals surface area contributed by atoms with Gasteiger partial charge in [-0.1, -0.05) is 0 Å². The molecule has 1 aromatic heterocycles. The summed E-state index contributed by atoms with van der Waals surface area (Å²) in [6.45, 7) is 1.19. The molecule has 0 aliphatic carbocycles. The maximum Gasteiger partial charge on any atom is 0.354 e. The Kier molecular flexibility index (Phi) is 2.99. The summed E-state index contributed by atoms with van der Waals surface area (Å²) >= 11 is 5.10. The molecule has 8 heteroatoms. The Morgan fingerprint density at radius 1 is 1.65 bits per heavy atom. The minimum absolute atomic E-state index is 0.233. The molecule has 0 atom stereocenters. The van der Waals surface area contributed by atoms with Crippen LogP contribution in [0.4, 0.5) is 0 Å². The first-order valence-corrected chi connectivity index (χ1v) is 5.55. The third-order valence-corrected chi connectivity index (χ3v) is 3.24. The first-order chi connectivity index (χ1) is 8.04. The van der Waals surface area contributed by atoms with Crippen molar-refractivity contribution in [2.45, 2.75) is 13.0 Å². The molecule has 92 valence electrons. The van der Waals surface area contributed by atoms with Gasteiger partial charge in [-0.3, -0.25) is 10.5 Å². The maximum atomic E-state index is 11.2. The number of carboxylic acid groups (broad SMARTS) is 1. The fraction of sp³-hybridized carbons (Fsp3) is 0.444. The summed E-state index contributed by atoms with van der Waals surface area (Å²) in [5, 5.41) is 13.9. The first kappa shape index (κ1) is 11.8. The Morgan fingerprint density at radius 2 is 2.35 bits per heavy atom. The summed E-state index contributed by atoms with van der Waals surface area (Å²) in [5.41, 5.74) is 4.47. The molecule has 0 amide bonds. The molecular formula is C9H14N5O2S+. The van der Waals surface area contributed by atoms with E-state index in [0.717, 1.165) is 17.8 Å². The van der Waals surface area contributed by atoms with Crippen LogP contribution in [0.3, 0.4) is 0 Å². The molecule has 1 aromatic rings. The van der Waals surface area contributed by atoms with Crippen molar-refractivity contribution in [1.82, 2.24) is 20.1 Å². The predicted molar refractivity (Wildman–Crippen MR) is 62.9 cm³/mol. The van der Waals surface area contributed by atoms with E-state index in [1.54, 1.807) is 7.05 Å². The van der Waals surface area contributed by atoms with Crippen molar-refractivity contribution in [3.63, 3.8) is 0 Å². The molecule has 0 saturated heterocycles. The second-order valence-electron chi connectivity index (χ2n) is 3.86. The Balaban J connectivity index is 2.36. The molecule has 1 aliphatic rings. The van der Waals surface area contributed by atoms with Gasteiger partial charge in [-0.2, -0.15) is 5.10 Å². The van der Waals surface area contributed by atoms with Gasteiger partial charge in [-0.05, 0) is 12.2 Å². The van der Waals surface area contributed by atoms with Gasteiger partial charge in [0.1, 0.15) is 0 Å². The number of carbonyl (C=O) groups is 1. The number of thiocarbonyl (C=S) groups is 1. The first-order valence-electron chi connectivity index (χ1n) is 5.14. The number of fused-ring (bicyclic) bond motifs is 1. The highest BCUT2D eigenvalue weighted by Gasteiger charge is 2.27. The number of carboxylic acids is 1. The van der Waals surface area contributed by atoms with Crippen LogP contribution in [0.1, 0.15) is 21.7 Å². The highest BCUT2D eigenvalue weighted by Crippen LogP contribution is 2.21. The van der Waals surface area contributed by atoms with Gasteiger partial charge in [-0.15, -0.1) is 0 Å². The minimum atomic E-state index is -0.961. The van der Waals surface area contributed by atoms with Crippen molar-refractivity contribution in [1.29, 1.82) is 0 Å². The summed E-state index contributed by atoms with van der Waals surface area (Å²) in [4.78, 5) is 13.0. The number of nitrogens with zero attached hydrogens (tertiary/aromatic N) is 3. The van der Waals surface area contributed by atoms with Crippen LogP contribution in [-0.4, -0.2) is 37.4 Å². The predicted octanol–water partition coefficient (Wildman–Crippen LogP) is -1.49. The summed E-state index contributed by atoms with van der Waals surface area (Å²) in [5.74, 6) is 2.55. The molecule has 2 heterocycles. The summed E-state index contributed by atoms with van der Waals surface area (Å²) in [6.07, 6.45) is 0.693. The number of nitrogens with one attached hydrogen (secondary N) is 1. The molecule has 0 saturated carbocycles. The monoisotopic (exact) mass is 256 g/mol. The van der Waals surface area contributed by atoms with E-state index in [0.29, 0.717) is 18.1 Å². The lowest BCUT2D eigenvalue weighted by Gasteiger charge is -2.27. The highest BCUT2D eigenvalue weighted by atomic mass is 32.1. The molecular weight excluding hydrogens is 242 g/mol. The number of rotatable bonds is 1. The zero-order chi connectivity index (χ0) is 12.6. The van der Waals surface area contributed by atoms with Gasteiger partial charge in [0, 0.05) is 32.1 Å². The lowest BCUT2D eigenvalue weighted by Crippen LogP contribution is -2.69. The normalized spacial score (nSPS) is 14.4. The summed E-state index contributed by atoms with van der Waals surface area (Å²) in [6, 6.07) is 0. The Bertz CT molecular complexity index is 484. The maximum absolute atomic E-state index is 11.2. The van der Waals surface area contributed by atoms with Gasteiger partial charge in [0.05, 0.1) is 5.69 Å². The van der Waals surface area contributed by atoms with E-state index in [1.807, 2.05) is 4.90 Å². The molecule has 1 aliphatic heterocycles. The minimum Gasteiger partial charge on any atom is -0.477 e. The van der Waals surface area contributed by atoms with E-state index in [9.17, 15) is 4.79 Å². The van der Waals surface area contributed by atoms with Crippen molar-refractivity contribution in [3.8, 4) is 0 Å². The highest BCUT2D eigenvalue weighted by molar-refractivity contribution is 7.80. The van der Waals surface area contributed by atoms with E-state index in [2.05, 4.69) is 16.4 Å². The molecule has 0 radical (unpaired) electrons. The van der Waals surface area contributed by atoms with E-state index >= 15 is 0 Å². The van der Waals surface area contributed by atoms with Crippen molar-refractivity contribution >= 4 is 23.3 Å². The fourth-order valence-electron chi connectivity index (χ4n) is 2.05. The number of aromatic nitrogens is 2. The Hall–Kier alpha value is -1.67. The second kappa shape index (κ2) is 4.30. The molecule has 0 spiro atoms. The average molecular weight is 256 g/mol. The van der Waals surface area contributed by atoms with E-state index in [1.165, 1.54) is 4.68 Å². The Labute approximate surface area is 103 Å². The van der Waals surface area contributed by atoms with E-state index in [-0.39, 0.29) is 5.69 Å². The van der Waals surface area contributed by atoms with Crippen molar-refractivity contribution in [3.05, 3.63) is 17.0 Å². The second-order valence-corrected chi connectivity index (χ2v) is 4.24. The van der Waals surface area contributed by atoms with Gasteiger partial charge in [0.25, 0.3) is 0 Å². The SMILES string of the molecule is Cn1nc2c(c1C(=O)O)CN(C(=S)N[NH3+])CC2. The lowest BCUT2D eigenvalue weighted by molar-refractivity contribution is -0.420. The number of aromatic carboxylic acids is 1. The quantitative estimate of drug-likeness (QED) is 0.418. The molecule has 7 nitrogen and oxygen atoms in total. The molecule has 0 aromatic carbocycles.